The number of carbonyl (C=O) groups is 1. The SMILES string of the molecule is CC(Sc1nnc(Cc2cccs2)n1C1CC1)C(=O)Nc1ccc(OCc2ccccc2)cc1. The van der Waals surface area contributed by atoms with Gasteiger partial charge >= 0.3 is 0 Å². The monoisotopic (exact) mass is 490 g/mol. The summed E-state index contributed by atoms with van der Waals surface area (Å²) in [5.74, 6) is 1.68. The van der Waals surface area contributed by atoms with Crippen LogP contribution in [0.5, 0.6) is 5.75 Å². The number of thiophene rings is 1. The van der Waals surface area contributed by atoms with Gasteiger partial charge in [0.05, 0.1) is 5.25 Å². The van der Waals surface area contributed by atoms with Crippen molar-refractivity contribution in [2.45, 2.75) is 49.2 Å². The van der Waals surface area contributed by atoms with Crippen LogP contribution in [-0.2, 0) is 17.8 Å². The Morgan fingerprint density at radius 3 is 2.62 bits per heavy atom. The van der Waals surface area contributed by atoms with Crippen LogP contribution in [0.15, 0.2) is 77.3 Å². The molecule has 2 heterocycles. The number of hydrogen-bond acceptors (Lipinski definition) is 6. The normalized spacial score (nSPS) is 14.0. The van der Waals surface area contributed by atoms with Crippen molar-refractivity contribution in [1.29, 1.82) is 0 Å². The van der Waals surface area contributed by atoms with Gasteiger partial charge in [-0.05, 0) is 61.0 Å². The van der Waals surface area contributed by atoms with Crippen LogP contribution in [0.2, 0.25) is 0 Å². The average molecular weight is 491 g/mol. The zero-order chi connectivity index (χ0) is 23.3. The molecule has 1 aliphatic rings. The van der Waals surface area contributed by atoms with Gasteiger partial charge in [0.25, 0.3) is 0 Å². The number of aromatic nitrogens is 3. The van der Waals surface area contributed by atoms with Crippen molar-refractivity contribution in [2.75, 3.05) is 5.32 Å². The molecule has 0 radical (unpaired) electrons. The molecular weight excluding hydrogens is 464 g/mol. The van der Waals surface area contributed by atoms with Gasteiger partial charge in [-0.2, -0.15) is 0 Å². The maximum atomic E-state index is 12.9. The molecule has 6 nitrogen and oxygen atoms in total. The molecular formula is C26H26N4O2S2. The van der Waals surface area contributed by atoms with E-state index in [-0.39, 0.29) is 11.2 Å². The van der Waals surface area contributed by atoms with Crippen molar-refractivity contribution >= 4 is 34.7 Å². The van der Waals surface area contributed by atoms with Crippen LogP contribution in [0.1, 0.15) is 42.1 Å². The Bertz CT molecular complexity index is 1220. The highest BCUT2D eigenvalue weighted by atomic mass is 32.2. The van der Waals surface area contributed by atoms with Gasteiger partial charge in [0, 0.05) is 23.0 Å². The lowest BCUT2D eigenvalue weighted by molar-refractivity contribution is -0.115. The molecule has 0 aliphatic heterocycles. The van der Waals surface area contributed by atoms with Crippen LogP contribution in [0.4, 0.5) is 5.69 Å². The fourth-order valence-electron chi connectivity index (χ4n) is 3.61. The van der Waals surface area contributed by atoms with Crippen molar-refractivity contribution in [1.82, 2.24) is 14.8 Å². The quantitative estimate of drug-likeness (QED) is 0.278. The minimum absolute atomic E-state index is 0.0619. The second-order valence-electron chi connectivity index (χ2n) is 8.30. The van der Waals surface area contributed by atoms with E-state index >= 15 is 0 Å². The first kappa shape index (κ1) is 22.7. The van der Waals surface area contributed by atoms with Crippen LogP contribution in [0, 0.1) is 0 Å². The lowest BCUT2D eigenvalue weighted by atomic mass is 10.2. The van der Waals surface area contributed by atoms with Crippen molar-refractivity contribution in [3.05, 3.63) is 88.4 Å². The zero-order valence-corrected chi connectivity index (χ0v) is 20.5. The van der Waals surface area contributed by atoms with Crippen molar-refractivity contribution < 1.29 is 9.53 Å². The number of thioether (sulfide) groups is 1. The summed E-state index contributed by atoms with van der Waals surface area (Å²) < 4.78 is 8.05. The lowest BCUT2D eigenvalue weighted by Crippen LogP contribution is -2.23. The number of anilines is 1. The molecule has 2 aromatic heterocycles. The predicted molar refractivity (Wildman–Crippen MR) is 137 cm³/mol. The standard InChI is InChI=1S/C26H26N4O2S2/c1-18(34-26-29-28-24(30(26)21-11-12-21)16-23-8-5-15-33-23)25(31)27-20-9-13-22(14-10-20)32-17-19-6-3-2-4-7-19/h2-10,13-15,18,21H,11-12,16-17H2,1H3,(H,27,31). The largest absolute Gasteiger partial charge is 0.489 e. The fraction of sp³-hybridized carbons (Fsp3) is 0.269. The summed E-state index contributed by atoms with van der Waals surface area (Å²) >= 11 is 3.19. The summed E-state index contributed by atoms with van der Waals surface area (Å²) in [5, 5.41) is 14.5. The van der Waals surface area contributed by atoms with Gasteiger partial charge in [0.2, 0.25) is 5.91 Å². The molecule has 2 aromatic carbocycles. The van der Waals surface area contributed by atoms with E-state index in [1.165, 1.54) is 16.6 Å². The molecule has 8 heteroatoms. The molecule has 1 aliphatic carbocycles. The molecule has 4 aromatic rings. The number of ether oxygens (including phenoxy) is 1. The number of carbonyl (C=O) groups excluding carboxylic acids is 1. The number of benzene rings is 2. The van der Waals surface area contributed by atoms with Crippen molar-refractivity contribution in [3.63, 3.8) is 0 Å². The first-order valence-corrected chi connectivity index (χ1v) is 13.1. The maximum absolute atomic E-state index is 12.9. The molecule has 0 bridgehead atoms. The topological polar surface area (TPSA) is 69.0 Å². The van der Waals surface area contributed by atoms with E-state index in [4.69, 9.17) is 4.74 Å². The van der Waals surface area contributed by atoms with Crippen molar-refractivity contribution in [3.8, 4) is 5.75 Å². The Morgan fingerprint density at radius 2 is 1.91 bits per heavy atom. The maximum Gasteiger partial charge on any atom is 0.237 e. The molecule has 34 heavy (non-hydrogen) atoms. The number of amides is 1. The summed E-state index contributed by atoms with van der Waals surface area (Å²) in [7, 11) is 0. The molecule has 1 N–H and O–H groups in total. The Morgan fingerprint density at radius 1 is 1.12 bits per heavy atom. The third kappa shape index (κ3) is 5.69. The zero-order valence-electron chi connectivity index (χ0n) is 18.9. The van der Waals surface area contributed by atoms with Crippen LogP contribution in [0.25, 0.3) is 0 Å². The molecule has 1 amide bonds. The van der Waals surface area contributed by atoms with E-state index < -0.39 is 0 Å². The molecule has 1 atom stereocenters. The summed E-state index contributed by atoms with van der Waals surface area (Å²) in [6, 6.07) is 22.1. The fourth-order valence-corrected chi connectivity index (χ4v) is 5.25. The molecule has 0 saturated heterocycles. The minimum atomic E-state index is -0.301. The number of rotatable bonds is 10. The van der Waals surface area contributed by atoms with Crippen LogP contribution in [0.3, 0.4) is 0 Å². The molecule has 5 rings (SSSR count). The second kappa shape index (κ2) is 10.4. The third-order valence-electron chi connectivity index (χ3n) is 5.58. The Balaban J connectivity index is 1.17. The van der Waals surface area contributed by atoms with E-state index in [2.05, 4.69) is 37.6 Å². The summed E-state index contributed by atoms with van der Waals surface area (Å²) in [6.07, 6.45) is 3.06. The van der Waals surface area contributed by atoms with Gasteiger partial charge in [-0.1, -0.05) is 48.2 Å². The first-order chi connectivity index (χ1) is 16.7. The van der Waals surface area contributed by atoms with Gasteiger partial charge in [0.1, 0.15) is 18.2 Å². The summed E-state index contributed by atoms with van der Waals surface area (Å²) in [5.41, 5.74) is 1.86. The van der Waals surface area contributed by atoms with Crippen molar-refractivity contribution in [2.24, 2.45) is 0 Å². The van der Waals surface area contributed by atoms with E-state index in [0.717, 1.165) is 47.2 Å². The van der Waals surface area contributed by atoms with Gasteiger partial charge in [-0.25, -0.2) is 0 Å². The third-order valence-corrected chi connectivity index (χ3v) is 7.51. The van der Waals surface area contributed by atoms with Gasteiger partial charge < -0.3 is 14.6 Å². The number of nitrogens with zero attached hydrogens (tertiary/aromatic N) is 3. The highest BCUT2D eigenvalue weighted by Crippen LogP contribution is 2.40. The second-order valence-corrected chi connectivity index (χ2v) is 10.6. The number of hydrogen-bond donors (Lipinski definition) is 1. The van der Waals surface area contributed by atoms with Crippen LogP contribution >= 0.6 is 23.1 Å². The summed E-state index contributed by atoms with van der Waals surface area (Å²) in [4.78, 5) is 14.1. The molecule has 0 spiro atoms. The number of nitrogens with one attached hydrogen (secondary N) is 1. The highest BCUT2D eigenvalue weighted by molar-refractivity contribution is 8.00. The molecule has 1 unspecified atom stereocenters. The van der Waals surface area contributed by atoms with E-state index in [9.17, 15) is 4.79 Å². The van der Waals surface area contributed by atoms with Gasteiger partial charge in [-0.3, -0.25) is 4.79 Å². The van der Waals surface area contributed by atoms with Crippen LogP contribution in [-0.4, -0.2) is 25.9 Å². The smallest absolute Gasteiger partial charge is 0.237 e. The van der Waals surface area contributed by atoms with E-state index in [1.807, 2.05) is 61.5 Å². The van der Waals surface area contributed by atoms with E-state index in [1.54, 1.807) is 11.3 Å². The molecule has 1 saturated carbocycles. The van der Waals surface area contributed by atoms with Crippen LogP contribution < -0.4 is 10.1 Å². The predicted octanol–water partition coefficient (Wildman–Crippen LogP) is 5.96. The van der Waals surface area contributed by atoms with E-state index in [0.29, 0.717) is 12.6 Å². The highest BCUT2D eigenvalue weighted by Gasteiger charge is 2.31. The summed E-state index contributed by atoms with van der Waals surface area (Å²) in [6.45, 7) is 2.42. The molecule has 1 fully saturated rings. The Labute approximate surface area is 207 Å². The Kier molecular flexibility index (Phi) is 6.97. The Hall–Kier alpha value is -3.10. The molecule has 174 valence electrons. The lowest BCUT2D eigenvalue weighted by Gasteiger charge is -2.14. The van der Waals surface area contributed by atoms with Gasteiger partial charge in [-0.15, -0.1) is 21.5 Å². The average Bonchev–Trinajstić information content (AvgIpc) is 3.42. The minimum Gasteiger partial charge on any atom is -0.489 e. The first-order valence-electron chi connectivity index (χ1n) is 11.4. The van der Waals surface area contributed by atoms with Gasteiger partial charge in [0.15, 0.2) is 5.16 Å².